The maximum absolute atomic E-state index is 12.3. The molecule has 1 aromatic carbocycles. The molecule has 1 atom stereocenters. The third-order valence-corrected chi connectivity index (χ3v) is 3.62. The van der Waals surface area contributed by atoms with E-state index in [1.165, 1.54) is 0 Å². The summed E-state index contributed by atoms with van der Waals surface area (Å²) in [7, 11) is 0. The van der Waals surface area contributed by atoms with Crippen LogP contribution in [-0.2, 0) is 0 Å². The van der Waals surface area contributed by atoms with Crippen molar-refractivity contribution in [1.82, 2.24) is 4.90 Å². The Morgan fingerprint density at radius 2 is 2.11 bits per heavy atom. The van der Waals surface area contributed by atoms with Gasteiger partial charge in [-0.3, -0.25) is 4.79 Å². The second kappa shape index (κ2) is 5.09. The molecule has 1 N–H and O–H groups in total. The van der Waals surface area contributed by atoms with Gasteiger partial charge < -0.3 is 19.5 Å². The maximum atomic E-state index is 12.3. The number of rotatable bonds is 2. The number of ether oxygens (including phenoxy) is 2. The van der Waals surface area contributed by atoms with E-state index in [0.717, 1.165) is 6.42 Å². The highest BCUT2D eigenvalue weighted by Crippen LogP contribution is 2.31. The minimum atomic E-state index is -0.00655. The summed E-state index contributed by atoms with van der Waals surface area (Å²) in [6.45, 7) is 2.54. The Balaban J connectivity index is 1.77. The van der Waals surface area contributed by atoms with Gasteiger partial charge in [0.15, 0.2) is 11.5 Å². The van der Waals surface area contributed by atoms with Crippen LogP contribution in [0.3, 0.4) is 0 Å². The van der Waals surface area contributed by atoms with E-state index in [2.05, 4.69) is 0 Å². The number of nitrogens with zero attached hydrogens (tertiary/aromatic N) is 1. The number of carbonyl (C=O) groups is 1. The number of aliphatic hydroxyl groups is 1. The van der Waals surface area contributed by atoms with Gasteiger partial charge in [0.2, 0.25) is 0 Å². The first kappa shape index (κ1) is 12.3. The average molecular weight is 263 g/mol. The average Bonchev–Trinajstić information content (AvgIpc) is 2.95. The number of hydrogen-bond acceptors (Lipinski definition) is 4. The van der Waals surface area contributed by atoms with Gasteiger partial charge in [-0.2, -0.15) is 0 Å². The van der Waals surface area contributed by atoms with E-state index in [-0.39, 0.29) is 18.4 Å². The van der Waals surface area contributed by atoms with Gasteiger partial charge in [-0.05, 0) is 24.6 Å². The predicted octanol–water partition coefficient (Wildman–Crippen LogP) is 0.912. The van der Waals surface area contributed by atoms with Crippen molar-refractivity contribution in [3.05, 3.63) is 23.8 Å². The van der Waals surface area contributed by atoms with Gasteiger partial charge in [-0.1, -0.05) is 0 Å². The monoisotopic (exact) mass is 263 g/mol. The van der Waals surface area contributed by atoms with Crippen LogP contribution in [0.2, 0.25) is 0 Å². The van der Waals surface area contributed by atoms with Crippen molar-refractivity contribution in [1.29, 1.82) is 0 Å². The van der Waals surface area contributed by atoms with Crippen LogP contribution in [0, 0.1) is 5.92 Å². The van der Waals surface area contributed by atoms with Crippen LogP contribution in [-0.4, -0.2) is 48.8 Å². The largest absolute Gasteiger partial charge is 0.486 e. The topological polar surface area (TPSA) is 59.0 Å². The highest BCUT2D eigenvalue weighted by molar-refractivity contribution is 5.95. The van der Waals surface area contributed by atoms with E-state index in [4.69, 9.17) is 14.6 Å². The van der Waals surface area contributed by atoms with Crippen molar-refractivity contribution in [2.45, 2.75) is 6.42 Å². The molecule has 2 aliphatic heterocycles. The molecule has 1 unspecified atom stereocenters. The van der Waals surface area contributed by atoms with Crippen molar-refractivity contribution in [3.63, 3.8) is 0 Å². The van der Waals surface area contributed by atoms with Gasteiger partial charge in [-0.25, -0.2) is 0 Å². The van der Waals surface area contributed by atoms with Crippen molar-refractivity contribution in [2.75, 3.05) is 32.9 Å². The number of amides is 1. The minimum absolute atomic E-state index is 0.00655. The van der Waals surface area contributed by atoms with E-state index < -0.39 is 0 Å². The van der Waals surface area contributed by atoms with Gasteiger partial charge in [0.05, 0.1) is 0 Å². The summed E-state index contributed by atoms with van der Waals surface area (Å²) in [5.74, 6) is 1.53. The highest BCUT2D eigenvalue weighted by atomic mass is 16.6. The van der Waals surface area contributed by atoms with Gasteiger partial charge in [0, 0.05) is 31.2 Å². The fourth-order valence-electron chi connectivity index (χ4n) is 2.53. The molecule has 19 heavy (non-hydrogen) atoms. The summed E-state index contributed by atoms with van der Waals surface area (Å²) in [5.41, 5.74) is 0.614. The summed E-state index contributed by atoms with van der Waals surface area (Å²) in [5, 5.41) is 9.12. The molecule has 0 aromatic heterocycles. The minimum Gasteiger partial charge on any atom is -0.486 e. The number of hydrogen-bond donors (Lipinski definition) is 1. The standard InChI is InChI=1S/C14H17NO4/c16-9-10-3-4-15(8-10)14(17)11-1-2-12-13(7-11)19-6-5-18-12/h1-2,7,10,16H,3-6,8-9H2. The van der Waals surface area contributed by atoms with Crippen LogP contribution >= 0.6 is 0 Å². The normalized spacial score (nSPS) is 21.5. The summed E-state index contributed by atoms with van der Waals surface area (Å²) in [6.07, 6.45) is 0.868. The molecule has 1 fully saturated rings. The quantitative estimate of drug-likeness (QED) is 0.861. The van der Waals surface area contributed by atoms with Crippen LogP contribution in [0.15, 0.2) is 18.2 Å². The molecule has 5 nitrogen and oxygen atoms in total. The SMILES string of the molecule is O=C(c1ccc2c(c1)OCCO2)N1CCC(CO)C1. The van der Waals surface area contributed by atoms with Crippen LogP contribution in [0.5, 0.6) is 11.5 Å². The summed E-state index contributed by atoms with van der Waals surface area (Å²) in [6, 6.07) is 5.28. The summed E-state index contributed by atoms with van der Waals surface area (Å²) in [4.78, 5) is 14.1. The van der Waals surface area contributed by atoms with Gasteiger partial charge in [0.25, 0.3) is 5.91 Å². The van der Waals surface area contributed by atoms with Crippen LogP contribution < -0.4 is 9.47 Å². The lowest BCUT2D eigenvalue weighted by Gasteiger charge is -2.20. The molecule has 1 aromatic rings. The number of benzene rings is 1. The molecule has 0 radical (unpaired) electrons. The number of likely N-dealkylation sites (tertiary alicyclic amines) is 1. The van der Waals surface area contributed by atoms with Gasteiger partial charge in [0.1, 0.15) is 13.2 Å². The lowest BCUT2D eigenvalue weighted by molar-refractivity contribution is 0.0780. The zero-order valence-corrected chi connectivity index (χ0v) is 10.7. The molecule has 102 valence electrons. The number of fused-ring (bicyclic) bond motifs is 1. The second-order valence-electron chi connectivity index (χ2n) is 4.95. The first-order valence-corrected chi connectivity index (χ1v) is 6.57. The summed E-state index contributed by atoms with van der Waals surface area (Å²) < 4.78 is 10.9. The first-order valence-electron chi connectivity index (χ1n) is 6.57. The zero-order valence-electron chi connectivity index (χ0n) is 10.7. The Hall–Kier alpha value is -1.75. The lowest BCUT2D eigenvalue weighted by atomic mass is 10.1. The predicted molar refractivity (Wildman–Crippen MR) is 68.5 cm³/mol. The van der Waals surface area contributed by atoms with Crippen LogP contribution in [0.25, 0.3) is 0 Å². The second-order valence-corrected chi connectivity index (χ2v) is 4.95. The van der Waals surface area contributed by atoms with Crippen molar-refractivity contribution >= 4 is 5.91 Å². The van der Waals surface area contributed by atoms with Crippen LogP contribution in [0.4, 0.5) is 0 Å². The van der Waals surface area contributed by atoms with Crippen molar-refractivity contribution in [3.8, 4) is 11.5 Å². The fraction of sp³-hybridized carbons (Fsp3) is 0.500. The smallest absolute Gasteiger partial charge is 0.254 e. The number of aliphatic hydroxyl groups excluding tert-OH is 1. The molecule has 0 spiro atoms. The van der Waals surface area contributed by atoms with Crippen molar-refractivity contribution < 1.29 is 19.4 Å². The molecule has 2 heterocycles. The maximum Gasteiger partial charge on any atom is 0.254 e. The molecular weight excluding hydrogens is 246 g/mol. The Kier molecular flexibility index (Phi) is 3.29. The molecule has 1 saturated heterocycles. The van der Waals surface area contributed by atoms with E-state index >= 15 is 0 Å². The van der Waals surface area contributed by atoms with Crippen molar-refractivity contribution in [2.24, 2.45) is 5.92 Å². The number of carbonyl (C=O) groups excluding carboxylic acids is 1. The molecule has 0 bridgehead atoms. The third-order valence-electron chi connectivity index (χ3n) is 3.62. The molecule has 0 aliphatic carbocycles. The molecule has 5 heteroatoms. The third kappa shape index (κ3) is 2.38. The lowest BCUT2D eigenvalue weighted by Crippen LogP contribution is -2.29. The zero-order chi connectivity index (χ0) is 13.2. The molecular formula is C14H17NO4. The van der Waals surface area contributed by atoms with E-state index in [1.54, 1.807) is 23.1 Å². The Bertz CT molecular complexity index is 488. The van der Waals surface area contributed by atoms with Crippen LogP contribution in [0.1, 0.15) is 16.8 Å². The Morgan fingerprint density at radius 1 is 1.32 bits per heavy atom. The summed E-state index contributed by atoms with van der Waals surface area (Å²) >= 11 is 0. The molecule has 3 rings (SSSR count). The van der Waals surface area contributed by atoms with E-state index in [1.807, 2.05) is 0 Å². The fourth-order valence-corrected chi connectivity index (χ4v) is 2.53. The van der Waals surface area contributed by atoms with Gasteiger partial charge in [-0.15, -0.1) is 0 Å². The Labute approximate surface area is 111 Å². The van der Waals surface area contributed by atoms with Gasteiger partial charge >= 0.3 is 0 Å². The highest BCUT2D eigenvalue weighted by Gasteiger charge is 2.27. The Morgan fingerprint density at radius 3 is 2.84 bits per heavy atom. The first-order chi connectivity index (χ1) is 9.28. The van der Waals surface area contributed by atoms with E-state index in [9.17, 15) is 4.79 Å². The molecule has 0 saturated carbocycles. The molecule has 1 amide bonds. The van der Waals surface area contributed by atoms with E-state index in [0.29, 0.717) is 43.4 Å². The molecule has 2 aliphatic rings.